The minimum absolute atomic E-state index is 0.130. The SMILES string of the molecule is Cc1ccc(CN(C(=O)CN(C)S(=O)(=O)c2ccc(C)cc2)C(C)C(=O)NC2CCCC2)cc1. The summed E-state index contributed by atoms with van der Waals surface area (Å²) in [7, 11) is -2.45. The van der Waals surface area contributed by atoms with Crippen molar-refractivity contribution in [3.8, 4) is 0 Å². The Balaban J connectivity index is 1.78. The lowest BCUT2D eigenvalue weighted by Crippen LogP contribution is -2.52. The molecule has 184 valence electrons. The Morgan fingerprint density at radius 2 is 1.50 bits per heavy atom. The molecule has 2 aromatic rings. The average Bonchev–Trinajstić information content (AvgIpc) is 3.31. The standard InChI is InChI=1S/C26H35N3O4S/c1-19-9-13-22(14-10-19)17-29(21(3)26(31)27-23-7-5-6-8-23)25(30)18-28(4)34(32,33)24-15-11-20(2)12-16-24/h9-16,21,23H,5-8,17-18H2,1-4H3,(H,27,31). The van der Waals surface area contributed by atoms with E-state index in [0.717, 1.165) is 46.7 Å². The molecule has 1 fully saturated rings. The Labute approximate surface area is 203 Å². The summed E-state index contributed by atoms with van der Waals surface area (Å²) in [5.41, 5.74) is 2.92. The second kappa shape index (κ2) is 11.1. The number of aryl methyl sites for hydroxylation is 2. The number of nitrogens with zero attached hydrogens (tertiary/aromatic N) is 2. The minimum Gasteiger partial charge on any atom is -0.352 e. The van der Waals surface area contributed by atoms with Gasteiger partial charge in [-0.05, 0) is 51.3 Å². The highest BCUT2D eigenvalue weighted by atomic mass is 32.2. The van der Waals surface area contributed by atoms with E-state index in [1.54, 1.807) is 19.1 Å². The van der Waals surface area contributed by atoms with Crippen LogP contribution in [0.1, 0.15) is 49.3 Å². The molecule has 1 unspecified atom stereocenters. The van der Waals surface area contributed by atoms with Crippen LogP contribution in [0.3, 0.4) is 0 Å². The number of benzene rings is 2. The predicted octanol–water partition coefficient (Wildman–Crippen LogP) is 3.40. The van der Waals surface area contributed by atoms with Gasteiger partial charge in [0.2, 0.25) is 21.8 Å². The fraction of sp³-hybridized carbons (Fsp3) is 0.462. The van der Waals surface area contributed by atoms with E-state index < -0.39 is 22.0 Å². The molecule has 1 aliphatic rings. The first-order valence-corrected chi connectivity index (χ1v) is 13.2. The van der Waals surface area contributed by atoms with Crippen LogP contribution in [-0.4, -0.2) is 55.1 Å². The van der Waals surface area contributed by atoms with Crippen LogP contribution in [0.5, 0.6) is 0 Å². The molecule has 2 aromatic carbocycles. The van der Waals surface area contributed by atoms with Crippen molar-refractivity contribution < 1.29 is 18.0 Å². The maximum Gasteiger partial charge on any atom is 0.243 e. The quantitative estimate of drug-likeness (QED) is 0.590. The maximum atomic E-state index is 13.4. The molecule has 34 heavy (non-hydrogen) atoms. The van der Waals surface area contributed by atoms with Gasteiger partial charge in [-0.2, -0.15) is 4.31 Å². The van der Waals surface area contributed by atoms with Gasteiger partial charge in [-0.15, -0.1) is 0 Å². The zero-order valence-corrected chi connectivity index (χ0v) is 21.3. The van der Waals surface area contributed by atoms with Crippen molar-refractivity contribution in [1.82, 2.24) is 14.5 Å². The smallest absolute Gasteiger partial charge is 0.243 e. The first-order chi connectivity index (χ1) is 16.1. The number of hydrogen-bond donors (Lipinski definition) is 1. The molecule has 1 atom stereocenters. The summed E-state index contributed by atoms with van der Waals surface area (Å²) in [6, 6.07) is 13.7. The molecule has 0 saturated heterocycles. The summed E-state index contributed by atoms with van der Waals surface area (Å²) < 4.78 is 27.1. The van der Waals surface area contributed by atoms with E-state index in [1.807, 2.05) is 38.1 Å². The van der Waals surface area contributed by atoms with Gasteiger partial charge in [0, 0.05) is 19.6 Å². The number of amides is 2. The minimum atomic E-state index is -3.84. The fourth-order valence-corrected chi connectivity index (χ4v) is 5.24. The van der Waals surface area contributed by atoms with Crippen LogP contribution in [0, 0.1) is 13.8 Å². The molecule has 1 saturated carbocycles. The number of hydrogen-bond acceptors (Lipinski definition) is 4. The number of sulfonamides is 1. The van der Waals surface area contributed by atoms with Crippen LogP contribution >= 0.6 is 0 Å². The number of carbonyl (C=O) groups is 2. The van der Waals surface area contributed by atoms with Crippen molar-refractivity contribution in [2.75, 3.05) is 13.6 Å². The van der Waals surface area contributed by atoms with Crippen LogP contribution in [-0.2, 0) is 26.2 Å². The maximum absolute atomic E-state index is 13.4. The summed E-state index contributed by atoms with van der Waals surface area (Å²) in [4.78, 5) is 28.0. The average molecular weight is 486 g/mol. The van der Waals surface area contributed by atoms with Gasteiger partial charge >= 0.3 is 0 Å². The summed E-state index contributed by atoms with van der Waals surface area (Å²) >= 11 is 0. The Bertz CT molecular complexity index is 1090. The molecular formula is C26H35N3O4S. The fourth-order valence-electron chi connectivity index (χ4n) is 4.12. The second-order valence-electron chi connectivity index (χ2n) is 9.25. The molecule has 2 amide bonds. The van der Waals surface area contributed by atoms with Crippen LogP contribution in [0.4, 0.5) is 0 Å². The van der Waals surface area contributed by atoms with E-state index in [1.165, 1.54) is 24.1 Å². The van der Waals surface area contributed by atoms with Gasteiger partial charge in [-0.1, -0.05) is 60.4 Å². The van der Waals surface area contributed by atoms with E-state index in [9.17, 15) is 18.0 Å². The molecular weight excluding hydrogens is 450 g/mol. The molecule has 0 aliphatic heterocycles. The lowest BCUT2D eigenvalue weighted by Gasteiger charge is -2.31. The predicted molar refractivity (Wildman–Crippen MR) is 133 cm³/mol. The van der Waals surface area contributed by atoms with Crippen molar-refractivity contribution in [2.45, 2.75) is 70.0 Å². The van der Waals surface area contributed by atoms with Crippen LogP contribution in [0.15, 0.2) is 53.4 Å². The monoisotopic (exact) mass is 485 g/mol. The first kappa shape index (κ1) is 25.9. The number of rotatable bonds is 9. The van der Waals surface area contributed by atoms with E-state index in [-0.39, 0.29) is 29.9 Å². The van der Waals surface area contributed by atoms with Gasteiger partial charge in [0.25, 0.3) is 0 Å². The molecule has 0 heterocycles. The van der Waals surface area contributed by atoms with Crippen molar-refractivity contribution >= 4 is 21.8 Å². The van der Waals surface area contributed by atoms with Crippen molar-refractivity contribution in [3.05, 3.63) is 65.2 Å². The van der Waals surface area contributed by atoms with Crippen molar-refractivity contribution in [2.24, 2.45) is 0 Å². The Kier molecular flexibility index (Phi) is 8.49. The summed E-state index contributed by atoms with van der Waals surface area (Å²) in [5.74, 6) is -0.635. The van der Waals surface area contributed by atoms with Crippen molar-refractivity contribution in [3.63, 3.8) is 0 Å². The van der Waals surface area contributed by atoms with Gasteiger partial charge < -0.3 is 10.2 Å². The molecule has 3 rings (SSSR count). The Morgan fingerprint density at radius 1 is 0.971 bits per heavy atom. The topological polar surface area (TPSA) is 86.8 Å². The molecule has 1 aliphatic carbocycles. The van der Waals surface area contributed by atoms with Crippen molar-refractivity contribution in [1.29, 1.82) is 0 Å². The summed E-state index contributed by atoms with van der Waals surface area (Å²) in [6.45, 7) is 5.42. The highest BCUT2D eigenvalue weighted by Crippen LogP contribution is 2.19. The zero-order chi connectivity index (χ0) is 24.9. The Hall–Kier alpha value is -2.71. The third-order valence-electron chi connectivity index (χ3n) is 6.43. The Morgan fingerprint density at radius 3 is 2.06 bits per heavy atom. The number of likely N-dealkylation sites (N-methyl/N-ethyl adjacent to an activating group) is 1. The molecule has 8 heteroatoms. The molecule has 0 spiro atoms. The zero-order valence-electron chi connectivity index (χ0n) is 20.5. The van der Waals surface area contributed by atoms with Gasteiger partial charge in [-0.25, -0.2) is 8.42 Å². The van der Waals surface area contributed by atoms with Gasteiger partial charge in [0.05, 0.1) is 11.4 Å². The third-order valence-corrected chi connectivity index (χ3v) is 8.25. The third kappa shape index (κ3) is 6.45. The summed E-state index contributed by atoms with van der Waals surface area (Å²) in [5, 5.41) is 3.06. The van der Waals surface area contributed by atoms with E-state index in [4.69, 9.17) is 0 Å². The number of nitrogens with one attached hydrogen (secondary N) is 1. The normalized spacial score (nSPS) is 15.3. The van der Waals surface area contributed by atoms with E-state index in [2.05, 4.69) is 5.32 Å². The highest BCUT2D eigenvalue weighted by Gasteiger charge is 2.31. The molecule has 0 aromatic heterocycles. The lowest BCUT2D eigenvalue weighted by molar-refractivity contribution is -0.140. The van der Waals surface area contributed by atoms with E-state index in [0.29, 0.717) is 0 Å². The second-order valence-corrected chi connectivity index (χ2v) is 11.3. The lowest BCUT2D eigenvalue weighted by atomic mass is 10.1. The molecule has 7 nitrogen and oxygen atoms in total. The van der Waals surface area contributed by atoms with Gasteiger partial charge in [0.15, 0.2) is 0 Å². The van der Waals surface area contributed by atoms with E-state index >= 15 is 0 Å². The van der Waals surface area contributed by atoms with Crippen LogP contribution in [0.25, 0.3) is 0 Å². The molecule has 0 bridgehead atoms. The van der Waals surface area contributed by atoms with Crippen LogP contribution in [0.2, 0.25) is 0 Å². The van der Waals surface area contributed by atoms with Gasteiger partial charge in [-0.3, -0.25) is 9.59 Å². The van der Waals surface area contributed by atoms with Crippen LogP contribution < -0.4 is 5.32 Å². The molecule has 0 radical (unpaired) electrons. The van der Waals surface area contributed by atoms with Gasteiger partial charge in [0.1, 0.15) is 6.04 Å². The molecule has 1 N–H and O–H groups in total. The number of carbonyl (C=O) groups excluding carboxylic acids is 2. The largest absolute Gasteiger partial charge is 0.352 e. The first-order valence-electron chi connectivity index (χ1n) is 11.8. The highest BCUT2D eigenvalue weighted by molar-refractivity contribution is 7.89. The summed E-state index contributed by atoms with van der Waals surface area (Å²) in [6.07, 6.45) is 4.07.